The molecule has 0 saturated carbocycles. The van der Waals surface area contributed by atoms with E-state index < -0.39 is 0 Å². The van der Waals surface area contributed by atoms with E-state index in [2.05, 4.69) is 15.4 Å². The van der Waals surface area contributed by atoms with E-state index in [-0.39, 0.29) is 0 Å². The fourth-order valence-corrected chi connectivity index (χ4v) is 2.99. The summed E-state index contributed by atoms with van der Waals surface area (Å²) in [7, 11) is 0. The number of likely N-dealkylation sites (tertiary alicyclic amines) is 1. The van der Waals surface area contributed by atoms with Gasteiger partial charge in [0.25, 0.3) is 0 Å². The molecule has 2 aliphatic heterocycles. The van der Waals surface area contributed by atoms with Crippen molar-refractivity contribution in [1.82, 2.24) is 15.4 Å². The van der Waals surface area contributed by atoms with E-state index in [9.17, 15) is 0 Å². The number of rotatable bonds is 2. The topological polar surface area (TPSA) is 41.3 Å². The Morgan fingerprint density at radius 1 is 1.56 bits per heavy atom. The van der Waals surface area contributed by atoms with Crippen LogP contribution in [0.15, 0.2) is 10.6 Å². The molecule has 4 heteroatoms. The maximum absolute atomic E-state index is 5.10. The minimum Gasteiger partial charge on any atom is -0.361 e. The molecule has 0 aliphatic carbocycles. The van der Waals surface area contributed by atoms with Gasteiger partial charge in [0.05, 0.1) is 5.69 Å². The number of nitrogens with zero attached hydrogens (tertiary/aromatic N) is 2. The summed E-state index contributed by atoms with van der Waals surface area (Å²) < 4.78 is 5.10. The predicted molar refractivity (Wildman–Crippen MR) is 61.0 cm³/mol. The second-order valence-corrected chi connectivity index (χ2v) is 5.06. The molecule has 4 nitrogen and oxygen atoms in total. The standard InChI is InChI=1S/C12H19N3O/c1-9-6-11(14-16-9)8-15-5-3-12-10(7-15)2-4-13-12/h6,10,12-13H,2-5,7-8H2,1H3. The third-order valence-corrected chi connectivity index (χ3v) is 3.80. The summed E-state index contributed by atoms with van der Waals surface area (Å²) in [6.07, 6.45) is 2.61. The lowest BCUT2D eigenvalue weighted by atomic mass is 9.93. The first-order valence-electron chi connectivity index (χ1n) is 6.19. The van der Waals surface area contributed by atoms with Crippen LogP contribution in [0.25, 0.3) is 0 Å². The van der Waals surface area contributed by atoms with Gasteiger partial charge in [0.1, 0.15) is 5.76 Å². The largest absolute Gasteiger partial charge is 0.361 e. The number of hydrogen-bond donors (Lipinski definition) is 1. The molecule has 88 valence electrons. The quantitative estimate of drug-likeness (QED) is 0.814. The Morgan fingerprint density at radius 2 is 2.50 bits per heavy atom. The van der Waals surface area contributed by atoms with E-state index in [0.717, 1.165) is 30.0 Å². The van der Waals surface area contributed by atoms with E-state index >= 15 is 0 Å². The Kier molecular flexibility index (Phi) is 2.69. The smallest absolute Gasteiger partial charge is 0.133 e. The van der Waals surface area contributed by atoms with E-state index in [0.29, 0.717) is 0 Å². The number of aromatic nitrogens is 1. The average molecular weight is 221 g/mol. The van der Waals surface area contributed by atoms with Gasteiger partial charge >= 0.3 is 0 Å². The first kappa shape index (κ1) is 10.3. The Morgan fingerprint density at radius 3 is 3.31 bits per heavy atom. The highest BCUT2D eigenvalue weighted by molar-refractivity contribution is 5.04. The molecule has 1 aromatic rings. The normalized spacial score (nSPS) is 30.6. The van der Waals surface area contributed by atoms with Crippen LogP contribution in [0.4, 0.5) is 0 Å². The van der Waals surface area contributed by atoms with Crippen LogP contribution in [0.1, 0.15) is 24.3 Å². The van der Waals surface area contributed by atoms with E-state index in [1.807, 2.05) is 13.0 Å². The molecule has 2 atom stereocenters. The van der Waals surface area contributed by atoms with Gasteiger partial charge in [-0.15, -0.1) is 0 Å². The Balaban J connectivity index is 1.60. The summed E-state index contributed by atoms with van der Waals surface area (Å²) in [4.78, 5) is 2.51. The van der Waals surface area contributed by atoms with Crippen molar-refractivity contribution < 1.29 is 4.52 Å². The summed E-state index contributed by atoms with van der Waals surface area (Å²) in [5.74, 6) is 1.76. The lowest BCUT2D eigenvalue weighted by molar-refractivity contribution is 0.152. The SMILES string of the molecule is Cc1cc(CN2CCC3NCCC3C2)no1. The molecular formula is C12H19N3O. The van der Waals surface area contributed by atoms with Crippen molar-refractivity contribution >= 4 is 0 Å². The second kappa shape index (κ2) is 4.18. The zero-order chi connectivity index (χ0) is 11.0. The van der Waals surface area contributed by atoms with Gasteiger partial charge in [0.2, 0.25) is 0 Å². The predicted octanol–water partition coefficient (Wildman–Crippen LogP) is 1.17. The van der Waals surface area contributed by atoms with Gasteiger partial charge in [-0.05, 0) is 32.2 Å². The zero-order valence-corrected chi connectivity index (χ0v) is 9.78. The Labute approximate surface area is 96.0 Å². The van der Waals surface area contributed by atoms with E-state index in [1.165, 1.54) is 32.5 Å². The molecule has 2 fully saturated rings. The van der Waals surface area contributed by atoms with Gasteiger partial charge in [-0.3, -0.25) is 4.90 Å². The van der Waals surface area contributed by atoms with Gasteiger partial charge in [-0.25, -0.2) is 0 Å². The van der Waals surface area contributed by atoms with Crippen molar-refractivity contribution in [3.8, 4) is 0 Å². The minimum absolute atomic E-state index is 0.773. The Bertz CT molecular complexity index is 363. The van der Waals surface area contributed by atoms with Crippen LogP contribution in [0.2, 0.25) is 0 Å². The van der Waals surface area contributed by atoms with Gasteiger partial charge in [-0.2, -0.15) is 0 Å². The van der Waals surface area contributed by atoms with Crippen LogP contribution < -0.4 is 5.32 Å². The average Bonchev–Trinajstić information content (AvgIpc) is 2.87. The maximum atomic E-state index is 5.10. The third kappa shape index (κ3) is 1.99. The van der Waals surface area contributed by atoms with Crippen LogP contribution in [0.3, 0.4) is 0 Å². The number of piperidine rings is 1. The second-order valence-electron chi connectivity index (χ2n) is 5.06. The maximum Gasteiger partial charge on any atom is 0.133 e. The number of fused-ring (bicyclic) bond motifs is 1. The summed E-state index contributed by atoms with van der Waals surface area (Å²) in [6, 6.07) is 2.81. The van der Waals surface area contributed by atoms with Gasteiger partial charge in [-0.1, -0.05) is 5.16 Å². The van der Waals surface area contributed by atoms with Crippen molar-refractivity contribution in [2.24, 2.45) is 5.92 Å². The highest BCUT2D eigenvalue weighted by atomic mass is 16.5. The van der Waals surface area contributed by atoms with Gasteiger partial charge in [0.15, 0.2) is 0 Å². The molecule has 3 heterocycles. The molecule has 1 N–H and O–H groups in total. The zero-order valence-electron chi connectivity index (χ0n) is 9.78. The fourth-order valence-electron chi connectivity index (χ4n) is 2.99. The molecule has 2 saturated heterocycles. The monoisotopic (exact) mass is 221 g/mol. The fraction of sp³-hybridized carbons (Fsp3) is 0.750. The summed E-state index contributed by atoms with van der Waals surface area (Å²) >= 11 is 0. The molecule has 16 heavy (non-hydrogen) atoms. The summed E-state index contributed by atoms with van der Waals surface area (Å²) in [6.45, 7) is 6.49. The molecular weight excluding hydrogens is 202 g/mol. The van der Waals surface area contributed by atoms with Crippen molar-refractivity contribution in [3.05, 3.63) is 17.5 Å². The molecule has 0 bridgehead atoms. The first-order chi connectivity index (χ1) is 7.81. The molecule has 3 rings (SSSR count). The van der Waals surface area contributed by atoms with Gasteiger partial charge < -0.3 is 9.84 Å². The number of hydrogen-bond acceptors (Lipinski definition) is 4. The van der Waals surface area contributed by atoms with Crippen LogP contribution in [0, 0.1) is 12.8 Å². The molecule has 0 aromatic carbocycles. The molecule has 2 aliphatic rings. The third-order valence-electron chi connectivity index (χ3n) is 3.80. The molecule has 2 unspecified atom stereocenters. The molecule has 0 spiro atoms. The number of nitrogens with one attached hydrogen (secondary N) is 1. The highest BCUT2D eigenvalue weighted by Gasteiger charge is 2.32. The van der Waals surface area contributed by atoms with Crippen molar-refractivity contribution in [2.75, 3.05) is 19.6 Å². The summed E-state index contributed by atoms with van der Waals surface area (Å²) in [5, 5.41) is 7.65. The first-order valence-corrected chi connectivity index (χ1v) is 6.19. The number of aryl methyl sites for hydroxylation is 1. The van der Waals surface area contributed by atoms with Crippen molar-refractivity contribution in [2.45, 2.75) is 32.4 Å². The molecule has 0 radical (unpaired) electrons. The minimum atomic E-state index is 0.773. The van der Waals surface area contributed by atoms with Crippen LogP contribution in [-0.2, 0) is 6.54 Å². The van der Waals surface area contributed by atoms with E-state index in [1.54, 1.807) is 0 Å². The van der Waals surface area contributed by atoms with Crippen LogP contribution in [-0.4, -0.2) is 35.7 Å². The van der Waals surface area contributed by atoms with Gasteiger partial charge in [0, 0.05) is 31.7 Å². The van der Waals surface area contributed by atoms with Crippen LogP contribution in [0.5, 0.6) is 0 Å². The highest BCUT2D eigenvalue weighted by Crippen LogP contribution is 2.25. The molecule has 1 aromatic heterocycles. The summed E-state index contributed by atoms with van der Waals surface area (Å²) in [5.41, 5.74) is 1.07. The van der Waals surface area contributed by atoms with Crippen molar-refractivity contribution in [3.63, 3.8) is 0 Å². The molecule has 0 amide bonds. The lowest BCUT2D eigenvalue weighted by Crippen LogP contribution is -2.43. The van der Waals surface area contributed by atoms with Crippen molar-refractivity contribution in [1.29, 1.82) is 0 Å². The lowest BCUT2D eigenvalue weighted by Gasteiger charge is -2.34. The van der Waals surface area contributed by atoms with Crippen LogP contribution >= 0.6 is 0 Å². The van der Waals surface area contributed by atoms with E-state index in [4.69, 9.17) is 4.52 Å². The Hall–Kier alpha value is -0.870.